The number of carbonyl (C=O) groups excluding carboxylic acids is 2. The van der Waals surface area contributed by atoms with Gasteiger partial charge in [0.15, 0.2) is 0 Å². The average molecular weight is 578 g/mol. The van der Waals surface area contributed by atoms with Gasteiger partial charge in [-0.25, -0.2) is 8.42 Å². The molecule has 2 amide bonds. The molecule has 7 nitrogen and oxygen atoms in total. The fraction of sp³-hybridized carbons (Fsp3) is 0.394. The zero-order valence-corrected chi connectivity index (χ0v) is 26.3. The zero-order valence-electron chi connectivity index (χ0n) is 25.5. The molecule has 0 heterocycles. The van der Waals surface area contributed by atoms with Crippen molar-refractivity contribution in [2.24, 2.45) is 0 Å². The topological polar surface area (TPSA) is 86.8 Å². The van der Waals surface area contributed by atoms with E-state index in [1.54, 1.807) is 30.3 Å². The summed E-state index contributed by atoms with van der Waals surface area (Å²) >= 11 is 0. The number of amides is 2. The Balaban J connectivity index is 2.12. The van der Waals surface area contributed by atoms with Crippen molar-refractivity contribution in [3.63, 3.8) is 0 Å². The number of nitrogens with one attached hydrogen (secondary N) is 1. The Morgan fingerprint density at radius 1 is 0.854 bits per heavy atom. The minimum Gasteiger partial charge on any atom is -0.350 e. The second-order valence-electron chi connectivity index (χ2n) is 11.7. The number of sulfonamides is 1. The highest BCUT2D eigenvalue weighted by Gasteiger charge is 2.35. The largest absolute Gasteiger partial charge is 0.350 e. The molecule has 0 aliphatic heterocycles. The van der Waals surface area contributed by atoms with Crippen LogP contribution < -0.4 is 9.62 Å². The van der Waals surface area contributed by atoms with Gasteiger partial charge in [0, 0.05) is 12.1 Å². The van der Waals surface area contributed by atoms with E-state index < -0.39 is 34.1 Å². The molecule has 0 aromatic heterocycles. The number of hydrogen-bond acceptors (Lipinski definition) is 4. The highest BCUT2D eigenvalue weighted by atomic mass is 32.2. The van der Waals surface area contributed by atoms with Crippen LogP contribution in [-0.4, -0.2) is 43.3 Å². The molecule has 3 aromatic rings. The van der Waals surface area contributed by atoms with Crippen LogP contribution in [0.4, 0.5) is 5.69 Å². The summed E-state index contributed by atoms with van der Waals surface area (Å²) in [5.41, 5.74) is 4.44. The summed E-state index contributed by atoms with van der Waals surface area (Å²) in [5, 5.41) is 3.00. The van der Waals surface area contributed by atoms with Crippen molar-refractivity contribution in [1.29, 1.82) is 0 Å². The van der Waals surface area contributed by atoms with E-state index in [-0.39, 0.29) is 17.3 Å². The van der Waals surface area contributed by atoms with E-state index in [2.05, 4.69) is 5.32 Å². The predicted molar refractivity (Wildman–Crippen MR) is 165 cm³/mol. The Morgan fingerprint density at radius 3 is 2.02 bits per heavy atom. The molecule has 0 aliphatic carbocycles. The lowest BCUT2D eigenvalue weighted by Gasteiger charge is -2.35. The van der Waals surface area contributed by atoms with Gasteiger partial charge in [0.2, 0.25) is 11.8 Å². The van der Waals surface area contributed by atoms with E-state index in [0.29, 0.717) is 12.1 Å². The maximum Gasteiger partial charge on any atom is 0.264 e. The van der Waals surface area contributed by atoms with Crippen molar-refractivity contribution >= 4 is 27.5 Å². The molecular formula is C33H43N3O4S. The van der Waals surface area contributed by atoms with E-state index in [1.165, 1.54) is 9.21 Å². The molecule has 3 aromatic carbocycles. The van der Waals surface area contributed by atoms with Crippen molar-refractivity contribution in [1.82, 2.24) is 10.2 Å². The van der Waals surface area contributed by atoms with Crippen molar-refractivity contribution < 1.29 is 18.0 Å². The summed E-state index contributed by atoms with van der Waals surface area (Å²) in [6.07, 6.45) is 0.369. The molecule has 0 fully saturated rings. The lowest BCUT2D eigenvalue weighted by molar-refractivity contribution is -0.141. The number of hydrogen-bond donors (Lipinski definition) is 1. The van der Waals surface area contributed by atoms with Crippen LogP contribution in [0, 0.1) is 27.7 Å². The molecule has 1 unspecified atom stereocenters. The number of carbonyl (C=O) groups is 2. The van der Waals surface area contributed by atoms with Crippen molar-refractivity contribution in [3.05, 3.63) is 94.5 Å². The van der Waals surface area contributed by atoms with E-state index in [0.717, 1.165) is 27.8 Å². The van der Waals surface area contributed by atoms with Gasteiger partial charge in [-0.05, 0) is 89.8 Å². The van der Waals surface area contributed by atoms with Gasteiger partial charge in [-0.1, -0.05) is 66.6 Å². The van der Waals surface area contributed by atoms with Crippen molar-refractivity contribution in [3.8, 4) is 0 Å². The maximum absolute atomic E-state index is 14.3. The molecule has 0 spiro atoms. The Bertz CT molecular complexity index is 1490. The first-order valence-electron chi connectivity index (χ1n) is 14.0. The maximum atomic E-state index is 14.3. The number of anilines is 1. The van der Waals surface area contributed by atoms with Crippen LogP contribution in [0.2, 0.25) is 0 Å². The van der Waals surface area contributed by atoms with E-state index in [9.17, 15) is 18.0 Å². The molecule has 0 saturated carbocycles. The standard InChI is InChI=1S/C33H43N3O4S/c1-9-29(32(38)34-33(6,7)8)35(21-27-13-11-10-12-25(27)4)31(37)22-36(30-19-16-24(3)20-26(30)5)41(39,40)28-17-14-23(2)15-18-28/h10-20,29H,9,21-22H2,1-8H3,(H,34,38). The highest BCUT2D eigenvalue weighted by Crippen LogP contribution is 2.29. The third-order valence-corrected chi connectivity index (χ3v) is 8.77. The Kier molecular flexibility index (Phi) is 10.0. The van der Waals surface area contributed by atoms with Gasteiger partial charge in [0.25, 0.3) is 10.0 Å². The van der Waals surface area contributed by atoms with Crippen LogP contribution in [0.25, 0.3) is 0 Å². The van der Waals surface area contributed by atoms with Crippen LogP contribution in [0.3, 0.4) is 0 Å². The average Bonchev–Trinajstić information content (AvgIpc) is 2.87. The third-order valence-electron chi connectivity index (χ3n) is 6.99. The minimum atomic E-state index is -4.11. The molecule has 3 rings (SSSR count). The van der Waals surface area contributed by atoms with Gasteiger partial charge < -0.3 is 10.2 Å². The van der Waals surface area contributed by atoms with Crippen LogP contribution in [0.5, 0.6) is 0 Å². The molecule has 8 heteroatoms. The monoisotopic (exact) mass is 577 g/mol. The summed E-state index contributed by atoms with van der Waals surface area (Å²) in [6.45, 7) is 14.9. The van der Waals surface area contributed by atoms with E-state index >= 15 is 0 Å². The van der Waals surface area contributed by atoms with Crippen LogP contribution in [-0.2, 0) is 26.2 Å². The first-order chi connectivity index (χ1) is 19.1. The second-order valence-corrected chi connectivity index (χ2v) is 13.6. The van der Waals surface area contributed by atoms with Crippen LogP contribution in [0.1, 0.15) is 61.9 Å². The molecule has 41 heavy (non-hydrogen) atoms. The summed E-state index contributed by atoms with van der Waals surface area (Å²) in [7, 11) is -4.11. The third kappa shape index (κ3) is 7.97. The Hall–Kier alpha value is -3.65. The predicted octanol–water partition coefficient (Wildman–Crippen LogP) is 5.84. The fourth-order valence-corrected chi connectivity index (χ4v) is 6.26. The SMILES string of the molecule is CCC(C(=O)NC(C)(C)C)N(Cc1ccccc1C)C(=O)CN(c1ccc(C)cc1C)S(=O)(=O)c1ccc(C)cc1. The van der Waals surface area contributed by atoms with Gasteiger partial charge in [-0.2, -0.15) is 0 Å². The lowest BCUT2D eigenvalue weighted by atomic mass is 10.0. The van der Waals surface area contributed by atoms with Gasteiger partial charge in [-0.15, -0.1) is 0 Å². The molecule has 220 valence electrons. The Morgan fingerprint density at radius 2 is 1.46 bits per heavy atom. The van der Waals surface area contributed by atoms with Gasteiger partial charge >= 0.3 is 0 Å². The van der Waals surface area contributed by atoms with Crippen LogP contribution >= 0.6 is 0 Å². The molecule has 0 saturated heterocycles. The van der Waals surface area contributed by atoms with Crippen LogP contribution in [0.15, 0.2) is 71.6 Å². The van der Waals surface area contributed by atoms with Crippen molar-refractivity contribution in [2.45, 2.75) is 84.8 Å². The van der Waals surface area contributed by atoms with E-state index in [1.807, 2.05) is 91.8 Å². The molecular weight excluding hydrogens is 534 g/mol. The van der Waals surface area contributed by atoms with E-state index in [4.69, 9.17) is 0 Å². The number of aryl methyl sites for hydroxylation is 4. The number of nitrogens with zero attached hydrogens (tertiary/aromatic N) is 2. The number of rotatable bonds is 10. The fourth-order valence-electron chi connectivity index (χ4n) is 4.78. The first kappa shape index (κ1) is 31.9. The number of benzene rings is 3. The normalized spacial score (nSPS) is 12.5. The van der Waals surface area contributed by atoms with Gasteiger partial charge in [-0.3, -0.25) is 13.9 Å². The summed E-state index contributed by atoms with van der Waals surface area (Å²) in [5.74, 6) is -0.735. The lowest BCUT2D eigenvalue weighted by Crippen LogP contribution is -2.55. The molecule has 0 radical (unpaired) electrons. The highest BCUT2D eigenvalue weighted by molar-refractivity contribution is 7.92. The van der Waals surface area contributed by atoms with Crippen molar-refractivity contribution in [2.75, 3.05) is 10.8 Å². The smallest absolute Gasteiger partial charge is 0.264 e. The summed E-state index contributed by atoms with van der Waals surface area (Å²) in [6, 6.07) is 19.0. The molecule has 1 N–H and O–H groups in total. The molecule has 0 bridgehead atoms. The van der Waals surface area contributed by atoms with Gasteiger partial charge in [0.1, 0.15) is 12.6 Å². The Labute approximate surface area is 245 Å². The second kappa shape index (κ2) is 12.9. The first-order valence-corrected chi connectivity index (χ1v) is 15.4. The van der Waals surface area contributed by atoms with Gasteiger partial charge in [0.05, 0.1) is 10.6 Å². The quantitative estimate of drug-likeness (QED) is 0.328. The molecule has 0 aliphatic rings. The molecule has 1 atom stereocenters. The zero-order chi connectivity index (χ0) is 30.5. The minimum absolute atomic E-state index is 0.0962. The summed E-state index contributed by atoms with van der Waals surface area (Å²) < 4.78 is 29.4. The summed E-state index contributed by atoms with van der Waals surface area (Å²) in [4.78, 5) is 29.3.